The summed E-state index contributed by atoms with van der Waals surface area (Å²) in [6.45, 7) is 9.27. The van der Waals surface area contributed by atoms with Gasteiger partial charge in [0, 0.05) is 0 Å². The summed E-state index contributed by atoms with van der Waals surface area (Å²) in [5.41, 5.74) is 0.568. The molecule has 0 bridgehead atoms. The van der Waals surface area contributed by atoms with Gasteiger partial charge in [0.1, 0.15) is 0 Å². The van der Waals surface area contributed by atoms with Crippen molar-refractivity contribution in [2.45, 2.75) is 79.1 Å². The van der Waals surface area contributed by atoms with Crippen LogP contribution in [0.25, 0.3) is 0 Å². The van der Waals surface area contributed by atoms with Gasteiger partial charge in [-0.2, -0.15) is 0 Å². The molecule has 0 aliphatic heterocycles. The Kier molecular flexibility index (Phi) is 12.3. The molecular formula is C24H38O4. The molecule has 2 atom stereocenters. The summed E-state index contributed by atoms with van der Waals surface area (Å²) in [6, 6.07) is 6.74. The minimum absolute atomic E-state index is 0.284. The van der Waals surface area contributed by atoms with Crippen molar-refractivity contribution in [3.63, 3.8) is 0 Å². The lowest BCUT2D eigenvalue weighted by molar-refractivity contribution is 0.0396. The van der Waals surface area contributed by atoms with Crippen LogP contribution in [-0.2, 0) is 9.47 Å². The zero-order valence-corrected chi connectivity index (χ0v) is 18.2. The minimum Gasteiger partial charge on any atom is -0.462 e. The van der Waals surface area contributed by atoms with Crippen LogP contribution in [0.4, 0.5) is 0 Å². The van der Waals surface area contributed by atoms with Crippen molar-refractivity contribution in [3.05, 3.63) is 35.4 Å². The smallest absolute Gasteiger partial charge is 0.339 e. The Hall–Kier alpha value is -1.84. The predicted octanol–water partition coefficient (Wildman–Crippen LogP) is 6.43. The third-order valence-corrected chi connectivity index (χ3v) is 4.97. The molecule has 4 nitrogen and oxygen atoms in total. The SMILES string of the molecule is CCCCC[C@H](C)COC(=O)c1ccccc1C(=O)OC[C@@H](C)CCCCC. The summed E-state index contributed by atoms with van der Waals surface area (Å²) in [6.07, 6.45) is 9.14. The van der Waals surface area contributed by atoms with Gasteiger partial charge in [0.05, 0.1) is 24.3 Å². The van der Waals surface area contributed by atoms with Gasteiger partial charge in [-0.3, -0.25) is 0 Å². The number of ether oxygens (including phenoxy) is 2. The molecule has 0 spiro atoms. The lowest BCUT2D eigenvalue weighted by Gasteiger charge is -2.14. The zero-order valence-electron chi connectivity index (χ0n) is 18.2. The number of rotatable bonds is 14. The zero-order chi connectivity index (χ0) is 20.8. The van der Waals surface area contributed by atoms with Crippen LogP contribution in [-0.4, -0.2) is 25.2 Å². The van der Waals surface area contributed by atoms with Crippen molar-refractivity contribution in [1.82, 2.24) is 0 Å². The van der Waals surface area contributed by atoms with E-state index in [1.54, 1.807) is 24.3 Å². The fourth-order valence-corrected chi connectivity index (χ4v) is 3.08. The molecular weight excluding hydrogens is 352 g/mol. The molecule has 0 fully saturated rings. The van der Waals surface area contributed by atoms with Crippen molar-refractivity contribution in [2.75, 3.05) is 13.2 Å². The lowest BCUT2D eigenvalue weighted by Crippen LogP contribution is -2.18. The van der Waals surface area contributed by atoms with E-state index in [1.807, 2.05) is 0 Å². The van der Waals surface area contributed by atoms with E-state index in [9.17, 15) is 9.59 Å². The lowest BCUT2D eigenvalue weighted by atomic mass is 10.0. The van der Waals surface area contributed by atoms with Crippen LogP contribution < -0.4 is 0 Å². The highest BCUT2D eigenvalue weighted by Crippen LogP contribution is 2.16. The number of carbonyl (C=O) groups is 2. The van der Waals surface area contributed by atoms with Gasteiger partial charge in [-0.25, -0.2) is 9.59 Å². The molecule has 0 saturated carbocycles. The van der Waals surface area contributed by atoms with Crippen molar-refractivity contribution < 1.29 is 19.1 Å². The normalized spacial score (nSPS) is 13.0. The van der Waals surface area contributed by atoms with E-state index in [4.69, 9.17) is 9.47 Å². The first-order valence-electron chi connectivity index (χ1n) is 10.9. The number of unbranched alkanes of at least 4 members (excludes halogenated alkanes) is 4. The molecule has 0 aromatic heterocycles. The quantitative estimate of drug-likeness (QED) is 0.271. The Labute approximate surface area is 171 Å². The average molecular weight is 391 g/mol. The molecule has 0 radical (unpaired) electrons. The van der Waals surface area contributed by atoms with E-state index in [0.717, 1.165) is 25.7 Å². The van der Waals surface area contributed by atoms with Crippen molar-refractivity contribution in [2.24, 2.45) is 11.8 Å². The van der Waals surface area contributed by atoms with Gasteiger partial charge >= 0.3 is 11.9 Å². The monoisotopic (exact) mass is 390 g/mol. The first-order valence-corrected chi connectivity index (χ1v) is 10.9. The van der Waals surface area contributed by atoms with E-state index >= 15 is 0 Å². The number of benzene rings is 1. The third-order valence-electron chi connectivity index (χ3n) is 4.97. The molecule has 0 saturated heterocycles. The first-order chi connectivity index (χ1) is 13.5. The van der Waals surface area contributed by atoms with E-state index in [0.29, 0.717) is 25.0 Å². The Morgan fingerprint density at radius 1 is 0.750 bits per heavy atom. The molecule has 0 aliphatic rings. The second-order valence-corrected chi connectivity index (χ2v) is 7.94. The molecule has 28 heavy (non-hydrogen) atoms. The van der Waals surface area contributed by atoms with Crippen LogP contribution in [0.15, 0.2) is 24.3 Å². The van der Waals surface area contributed by atoms with Crippen LogP contribution in [0, 0.1) is 11.8 Å². The summed E-state index contributed by atoms with van der Waals surface area (Å²) in [5, 5.41) is 0. The fourth-order valence-electron chi connectivity index (χ4n) is 3.08. The second kappa shape index (κ2) is 14.2. The molecule has 0 unspecified atom stereocenters. The van der Waals surface area contributed by atoms with Gasteiger partial charge in [-0.05, 0) is 36.8 Å². The predicted molar refractivity (Wildman–Crippen MR) is 114 cm³/mol. The van der Waals surface area contributed by atoms with Gasteiger partial charge in [0.25, 0.3) is 0 Å². The summed E-state index contributed by atoms with van der Waals surface area (Å²) in [5.74, 6) is -0.270. The standard InChI is InChI=1S/C24H38O4/c1-5-7-9-13-19(3)17-27-23(25)21-15-11-12-16-22(21)24(26)28-18-20(4)14-10-8-6-2/h11-12,15-16,19-20H,5-10,13-14,17-18H2,1-4H3/t19-,20-/m0/s1. The number of hydrogen-bond acceptors (Lipinski definition) is 4. The molecule has 0 aliphatic carbocycles. The largest absolute Gasteiger partial charge is 0.462 e. The summed E-state index contributed by atoms with van der Waals surface area (Å²) >= 11 is 0. The Balaban J connectivity index is 2.55. The third kappa shape index (κ3) is 9.38. The summed E-state index contributed by atoms with van der Waals surface area (Å²) in [7, 11) is 0. The van der Waals surface area contributed by atoms with E-state index in [-0.39, 0.29) is 11.1 Å². The van der Waals surface area contributed by atoms with Gasteiger partial charge in [-0.1, -0.05) is 78.4 Å². The molecule has 1 aromatic carbocycles. The molecule has 158 valence electrons. The van der Waals surface area contributed by atoms with E-state index in [1.165, 1.54) is 25.7 Å². The van der Waals surface area contributed by atoms with E-state index in [2.05, 4.69) is 27.7 Å². The van der Waals surface area contributed by atoms with Crippen LogP contribution in [0.5, 0.6) is 0 Å². The first kappa shape index (κ1) is 24.2. The molecule has 4 heteroatoms. The molecule has 1 rings (SSSR count). The highest BCUT2D eigenvalue weighted by Gasteiger charge is 2.20. The second-order valence-electron chi connectivity index (χ2n) is 7.94. The van der Waals surface area contributed by atoms with Crippen molar-refractivity contribution >= 4 is 11.9 Å². The maximum Gasteiger partial charge on any atom is 0.339 e. The maximum absolute atomic E-state index is 12.5. The highest BCUT2D eigenvalue weighted by atomic mass is 16.5. The van der Waals surface area contributed by atoms with Crippen LogP contribution >= 0.6 is 0 Å². The van der Waals surface area contributed by atoms with Gasteiger partial charge < -0.3 is 9.47 Å². The minimum atomic E-state index is -0.453. The Morgan fingerprint density at radius 3 is 1.50 bits per heavy atom. The Morgan fingerprint density at radius 2 is 1.14 bits per heavy atom. The van der Waals surface area contributed by atoms with Crippen molar-refractivity contribution in [1.29, 1.82) is 0 Å². The topological polar surface area (TPSA) is 52.6 Å². The van der Waals surface area contributed by atoms with Gasteiger partial charge in [-0.15, -0.1) is 0 Å². The number of carbonyl (C=O) groups excluding carboxylic acids is 2. The fraction of sp³-hybridized carbons (Fsp3) is 0.667. The summed E-state index contributed by atoms with van der Waals surface area (Å²) in [4.78, 5) is 25.0. The molecule has 0 N–H and O–H groups in total. The number of hydrogen-bond donors (Lipinski definition) is 0. The maximum atomic E-state index is 12.5. The molecule has 0 amide bonds. The van der Waals surface area contributed by atoms with Crippen LogP contribution in [0.2, 0.25) is 0 Å². The van der Waals surface area contributed by atoms with E-state index < -0.39 is 11.9 Å². The number of esters is 2. The molecule has 1 aromatic rings. The van der Waals surface area contributed by atoms with Gasteiger partial charge in [0.15, 0.2) is 0 Å². The summed E-state index contributed by atoms with van der Waals surface area (Å²) < 4.78 is 10.9. The van der Waals surface area contributed by atoms with Crippen LogP contribution in [0.3, 0.4) is 0 Å². The molecule has 0 heterocycles. The average Bonchev–Trinajstić information content (AvgIpc) is 2.70. The van der Waals surface area contributed by atoms with Crippen LogP contribution in [0.1, 0.15) is 99.8 Å². The Bertz CT molecular complexity index is 531. The highest BCUT2D eigenvalue weighted by molar-refractivity contribution is 6.03. The van der Waals surface area contributed by atoms with Gasteiger partial charge in [0.2, 0.25) is 0 Å². The van der Waals surface area contributed by atoms with Crippen molar-refractivity contribution in [3.8, 4) is 0 Å².